The molecule has 0 radical (unpaired) electrons. The average Bonchev–Trinajstić information content (AvgIpc) is 2.88. The van der Waals surface area contributed by atoms with Gasteiger partial charge in [0.05, 0.1) is 6.07 Å². The van der Waals surface area contributed by atoms with Gasteiger partial charge in [-0.05, 0) is 24.1 Å². The van der Waals surface area contributed by atoms with Crippen molar-refractivity contribution < 1.29 is 9.13 Å². The molecule has 0 saturated heterocycles. The third-order valence-corrected chi connectivity index (χ3v) is 3.68. The van der Waals surface area contributed by atoms with Crippen LogP contribution in [0.3, 0.4) is 0 Å². The summed E-state index contributed by atoms with van der Waals surface area (Å²) in [6.45, 7) is 1.96. The van der Waals surface area contributed by atoms with Crippen LogP contribution >= 0.6 is 0 Å². The van der Waals surface area contributed by atoms with Gasteiger partial charge in [-0.3, -0.25) is 10.5 Å². The van der Waals surface area contributed by atoms with E-state index in [1.54, 1.807) is 12.1 Å². The number of nitriles is 1. The Morgan fingerprint density at radius 2 is 2.33 bits per heavy atom. The van der Waals surface area contributed by atoms with Gasteiger partial charge < -0.3 is 4.74 Å². The average molecular weight is 284 g/mol. The monoisotopic (exact) mass is 284 g/mol. The maximum absolute atomic E-state index is 13.5. The molecule has 106 valence electrons. The molecule has 1 aromatic carbocycles. The Balaban J connectivity index is 2.22. The van der Waals surface area contributed by atoms with E-state index in [1.807, 2.05) is 6.92 Å². The minimum Gasteiger partial charge on any atom is -0.422 e. The van der Waals surface area contributed by atoms with Crippen molar-refractivity contribution in [3.63, 3.8) is 0 Å². The first-order chi connectivity index (χ1) is 10.2. The van der Waals surface area contributed by atoms with Gasteiger partial charge >= 0.3 is 0 Å². The van der Waals surface area contributed by atoms with Gasteiger partial charge in [0.15, 0.2) is 0 Å². The summed E-state index contributed by atoms with van der Waals surface area (Å²) in [6.07, 6.45) is 0.684. The minimum absolute atomic E-state index is 0.159. The third kappa shape index (κ3) is 2.07. The summed E-state index contributed by atoms with van der Waals surface area (Å²) in [7, 11) is 0. The number of aryl methyl sites for hydroxylation is 1. The SMILES string of the molecule is CCc1[nH]nc2c1C(c1cccc(F)c1)C(C#N)C(=N)O2. The summed E-state index contributed by atoms with van der Waals surface area (Å²) >= 11 is 0. The van der Waals surface area contributed by atoms with Gasteiger partial charge in [-0.1, -0.05) is 19.1 Å². The Morgan fingerprint density at radius 3 is 3.00 bits per heavy atom. The molecule has 1 aromatic heterocycles. The highest BCUT2D eigenvalue weighted by molar-refractivity contribution is 5.84. The molecule has 2 aromatic rings. The number of aromatic nitrogens is 2. The number of hydrogen-bond donors (Lipinski definition) is 2. The highest BCUT2D eigenvalue weighted by Crippen LogP contribution is 2.42. The first-order valence-electron chi connectivity index (χ1n) is 6.64. The van der Waals surface area contributed by atoms with Crippen molar-refractivity contribution in [1.82, 2.24) is 10.2 Å². The van der Waals surface area contributed by atoms with Crippen molar-refractivity contribution in [2.24, 2.45) is 5.92 Å². The van der Waals surface area contributed by atoms with Crippen molar-refractivity contribution in [2.75, 3.05) is 0 Å². The number of benzene rings is 1. The molecule has 0 bridgehead atoms. The van der Waals surface area contributed by atoms with Crippen LogP contribution in [-0.4, -0.2) is 16.1 Å². The largest absolute Gasteiger partial charge is 0.422 e. The molecule has 5 nitrogen and oxygen atoms in total. The van der Waals surface area contributed by atoms with Crippen LogP contribution in [0, 0.1) is 28.5 Å². The van der Waals surface area contributed by atoms with Crippen molar-refractivity contribution in [3.05, 3.63) is 46.9 Å². The Kier molecular flexibility index (Phi) is 3.18. The maximum atomic E-state index is 13.5. The lowest BCUT2D eigenvalue weighted by molar-refractivity contribution is 0.435. The quantitative estimate of drug-likeness (QED) is 0.889. The molecule has 6 heteroatoms. The number of H-pyrrole nitrogens is 1. The van der Waals surface area contributed by atoms with E-state index in [-0.39, 0.29) is 11.7 Å². The summed E-state index contributed by atoms with van der Waals surface area (Å²) in [5.74, 6) is -1.46. The van der Waals surface area contributed by atoms with Gasteiger partial charge in [0.1, 0.15) is 11.7 Å². The number of halogens is 1. The van der Waals surface area contributed by atoms with Crippen LogP contribution in [0.2, 0.25) is 0 Å². The van der Waals surface area contributed by atoms with Gasteiger partial charge in [0.2, 0.25) is 11.8 Å². The highest BCUT2D eigenvalue weighted by atomic mass is 19.1. The van der Waals surface area contributed by atoms with Crippen LogP contribution in [0.15, 0.2) is 24.3 Å². The molecule has 3 rings (SSSR count). The molecule has 2 atom stereocenters. The lowest BCUT2D eigenvalue weighted by atomic mass is 9.79. The normalized spacial score (nSPS) is 20.5. The summed E-state index contributed by atoms with van der Waals surface area (Å²) in [6, 6.07) is 8.19. The first kappa shape index (κ1) is 13.3. The van der Waals surface area contributed by atoms with Crippen molar-refractivity contribution in [1.29, 1.82) is 10.7 Å². The van der Waals surface area contributed by atoms with E-state index < -0.39 is 11.8 Å². The van der Waals surface area contributed by atoms with Gasteiger partial charge in [-0.2, -0.15) is 5.26 Å². The molecule has 21 heavy (non-hydrogen) atoms. The zero-order chi connectivity index (χ0) is 15.0. The molecule has 1 aliphatic rings. The topological polar surface area (TPSA) is 85.5 Å². The van der Waals surface area contributed by atoms with E-state index >= 15 is 0 Å². The van der Waals surface area contributed by atoms with Crippen LogP contribution in [0.25, 0.3) is 0 Å². The number of rotatable bonds is 2. The predicted octanol–water partition coefficient (Wildman–Crippen LogP) is 2.75. The smallest absolute Gasteiger partial charge is 0.243 e. The number of hydrogen-bond acceptors (Lipinski definition) is 4. The molecule has 0 saturated carbocycles. The molecular weight excluding hydrogens is 271 g/mol. The summed E-state index contributed by atoms with van der Waals surface area (Å²) < 4.78 is 18.9. The van der Waals surface area contributed by atoms with E-state index in [0.717, 1.165) is 11.3 Å². The summed E-state index contributed by atoms with van der Waals surface area (Å²) in [4.78, 5) is 0. The van der Waals surface area contributed by atoms with Crippen LogP contribution in [-0.2, 0) is 6.42 Å². The van der Waals surface area contributed by atoms with Crippen LogP contribution in [0.1, 0.15) is 29.7 Å². The molecule has 0 spiro atoms. The maximum Gasteiger partial charge on any atom is 0.243 e. The number of fused-ring (bicyclic) bond motifs is 1. The van der Waals surface area contributed by atoms with Crippen molar-refractivity contribution >= 4 is 5.90 Å². The second-order valence-corrected chi connectivity index (χ2v) is 4.88. The Morgan fingerprint density at radius 1 is 1.52 bits per heavy atom. The first-order valence-corrected chi connectivity index (χ1v) is 6.64. The van der Waals surface area contributed by atoms with Gasteiger partial charge in [-0.15, -0.1) is 5.10 Å². The lowest BCUT2D eigenvalue weighted by Gasteiger charge is -2.28. The highest BCUT2D eigenvalue weighted by Gasteiger charge is 2.40. The van der Waals surface area contributed by atoms with E-state index in [0.29, 0.717) is 17.9 Å². The lowest BCUT2D eigenvalue weighted by Crippen LogP contribution is -2.31. The third-order valence-electron chi connectivity index (χ3n) is 3.68. The van der Waals surface area contributed by atoms with Crippen LogP contribution in [0.4, 0.5) is 4.39 Å². The zero-order valence-corrected chi connectivity index (χ0v) is 11.4. The second-order valence-electron chi connectivity index (χ2n) is 4.88. The Labute approximate surface area is 120 Å². The number of nitrogens with zero attached hydrogens (tertiary/aromatic N) is 2. The fourth-order valence-corrected chi connectivity index (χ4v) is 2.71. The van der Waals surface area contributed by atoms with Crippen LogP contribution < -0.4 is 4.74 Å². The van der Waals surface area contributed by atoms with Crippen molar-refractivity contribution in [2.45, 2.75) is 19.3 Å². The number of aromatic amines is 1. The fraction of sp³-hybridized carbons (Fsp3) is 0.267. The summed E-state index contributed by atoms with van der Waals surface area (Å²) in [5, 5.41) is 24.2. The Bertz CT molecular complexity index is 746. The van der Waals surface area contributed by atoms with Crippen molar-refractivity contribution in [3.8, 4) is 11.9 Å². The molecule has 0 aliphatic carbocycles. The molecule has 1 aliphatic heterocycles. The van der Waals surface area contributed by atoms with E-state index in [1.165, 1.54) is 12.1 Å². The predicted molar refractivity (Wildman–Crippen MR) is 73.7 cm³/mol. The molecular formula is C15H13FN4O. The molecule has 2 heterocycles. The number of nitrogens with one attached hydrogen (secondary N) is 2. The van der Waals surface area contributed by atoms with Gasteiger partial charge in [-0.25, -0.2) is 4.39 Å². The molecule has 0 amide bonds. The van der Waals surface area contributed by atoms with E-state index in [2.05, 4.69) is 16.3 Å². The second kappa shape index (κ2) is 5.02. The van der Waals surface area contributed by atoms with E-state index in [9.17, 15) is 9.65 Å². The zero-order valence-electron chi connectivity index (χ0n) is 11.4. The summed E-state index contributed by atoms with van der Waals surface area (Å²) in [5.41, 5.74) is 2.23. The van der Waals surface area contributed by atoms with Crippen LogP contribution in [0.5, 0.6) is 5.88 Å². The number of ether oxygens (including phenoxy) is 1. The minimum atomic E-state index is -0.790. The van der Waals surface area contributed by atoms with Gasteiger partial charge in [0, 0.05) is 17.2 Å². The molecule has 2 unspecified atom stereocenters. The van der Waals surface area contributed by atoms with Gasteiger partial charge in [0.25, 0.3) is 0 Å². The Hall–Kier alpha value is -2.68. The molecule has 0 fully saturated rings. The fourth-order valence-electron chi connectivity index (χ4n) is 2.71. The molecule has 2 N–H and O–H groups in total. The standard InChI is InChI=1S/C15H13FN4O/c1-2-11-13-12(8-4-3-5-9(16)6-8)10(7-17)14(18)21-15(13)20-19-11/h3-6,10,12,18H,2H2,1H3,(H,19,20). The van der Waals surface area contributed by atoms with E-state index in [4.69, 9.17) is 10.1 Å².